The second-order valence-corrected chi connectivity index (χ2v) is 11.6. The van der Waals surface area contributed by atoms with Crippen LogP contribution in [0.3, 0.4) is 0 Å². The first-order valence-electron chi connectivity index (χ1n) is 13.4. The van der Waals surface area contributed by atoms with Crippen LogP contribution in [0.15, 0.2) is 90.4 Å². The second kappa shape index (κ2) is 12.4. The number of para-hydroxylation sites is 1. The van der Waals surface area contributed by atoms with E-state index in [2.05, 4.69) is 27.8 Å². The monoisotopic (exact) mass is 568 g/mol. The third-order valence-corrected chi connectivity index (χ3v) is 7.36. The summed E-state index contributed by atoms with van der Waals surface area (Å²) in [4.78, 5) is 30.7. The van der Waals surface area contributed by atoms with Crippen LogP contribution in [-0.4, -0.2) is 35.3 Å². The SMILES string of the molecule is CC(C)(C)OC(=O)N[C@@H](COc1cnc2ccccc2c1C(=O)OCc1ccccc1)Cc1csc2ccccc12. The minimum absolute atomic E-state index is 0.0857. The van der Waals surface area contributed by atoms with Crippen LogP contribution in [-0.2, 0) is 22.5 Å². The van der Waals surface area contributed by atoms with E-state index in [1.54, 1.807) is 11.3 Å². The van der Waals surface area contributed by atoms with Gasteiger partial charge in [-0.15, -0.1) is 11.3 Å². The summed E-state index contributed by atoms with van der Waals surface area (Å²) in [6.07, 6.45) is 1.51. The Kier molecular flexibility index (Phi) is 8.50. The van der Waals surface area contributed by atoms with Gasteiger partial charge in [-0.2, -0.15) is 0 Å². The van der Waals surface area contributed by atoms with Gasteiger partial charge in [0.25, 0.3) is 0 Å². The third kappa shape index (κ3) is 7.21. The van der Waals surface area contributed by atoms with Crippen molar-refractivity contribution in [2.24, 2.45) is 0 Å². The van der Waals surface area contributed by atoms with E-state index in [9.17, 15) is 9.59 Å². The van der Waals surface area contributed by atoms with Crippen LogP contribution in [0, 0.1) is 0 Å². The van der Waals surface area contributed by atoms with Crippen molar-refractivity contribution >= 4 is 44.4 Å². The molecule has 5 aromatic rings. The number of amides is 1. The van der Waals surface area contributed by atoms with Crippen molar-refractivity contribution in [2.75, 3.05) is 6.61 Å². The Hall–Kier alpha value is -4.43. The van der Waals surface area contributed by atoms with Crippen molar-refractivity contribution in [3.8, 4) is 5.75 Å². The fraction of sp³-hybridized carbons (Fsp3) is 0.242. The van der Waals surface area contributed by atoms with Crippen LogP contribution >= 0.6 is 11.3 Å². The molecule has 0 saturated carbocycles. The van der Waals surface area contributed by atoms with Gasteiger partial charge in [-0.25, -0.2) is 9.59 Å². The van der Waals surface area contributed by atoms with Crippen LogP contribution in [0.4, 0.5) is 4.79 Å². The Bertz CT molecular complexity index is 1660. The molecule has 0 aliphatic carbocycles. The summed E-state index contributed by atoms with van der Waals surface area (Å²) in [5.74, 6) is -0.226. The van der Waals surface area contributed by atoms with E-state index in [1.165, 1.54) is 10.9 Å². The molecule has 8 heteroatoms. The number of rotatable bonds is 9. The lowest BCUT2D eigenvalue weighted by atomic mass is 10.1. The minimum atomic E-state index is -0.650. The maximum atomic E-state index is 13.4. The number of nitrogens with zero attached hydrogens (tertiary/aromatic N) is 1. The van der Waals surface area contributed by atoms with Crippen LogP contribution in [0.5, 0.6) is 5.75 Å². The first kappa shape index (κ1) is 28.1. The van der Waals surface area contributed by atoms with E-state index in [0.29, 0.717) is 22.9 Å². The molecule has 41 heavy (non-hydrogen) atoms. The maximum absolute atomic E-state index is 13.4. The number of pyridine rings is 1. The van der Waals surface area contributed by atoms with Crippen LogP contribution < -0.4 is 10.1 Å². The highest BCUT2D eigenvalue weighted by Crippen LogP contribution is 2.29. The number of ether oxygens (including phenoxy) is 3. The summed E-state index contributed by atoms with van der Waals surface area (Å²) >= 11 is 1.65. The molecule has 0 bridgehead atoms. The molecule has 1 atom stereocenters. The lowest BCUT2D eigenvalue weighted by Crippen LogP contribution is -2.43. The topological polar surface area (TPSA) is 86.8 Å². The van der Waals surface area contributed by atoms with Gasteiger partial charge in [-0.1, -0.05) is 66.7 Å². The van der Waals surface area contributed by atoms with Crippen molar-refractivity contribution in [1.82, 2.24) is 10.3 Å². The molecule has 0 spiro atoms. The van der Waals surface area contributed by atoms with Crippen molar-refractivity contribution in [3.63, 3.8) is 0 Å². The average Bonchev–Trinajstić information content (AvgIpc) is 3.36. The number of alkyl carbamates (subject to hydrolysis) is 1. The highest BCUT2D eigenvalue weighted by Gasteiger charge is 2.24. The lowest BCUT2D eigenvalue weighted by Gasteiger charge is -2.24. The summed E-state index contributed by atoms with van der Waals surface area (Å²) in [6, 6.07) is 24.6. The number of carbonyl (C=O) groups excluding carboxylic acids is 2. The highest BCUT2D eigenvalue weighted by molar-refractivity contribution is 7.17. The number of hydrogen-bond acceptors (Lipinski definition) is 7. The number of benzene rings is 3. The molecule has 5 rings (SSSR count). The fourth-order valence-electron chi connectivity index (χ4n) is 4.51. The van der Waals surface area contributed by atoms with E-state index in [-0.39, 0.29) is 19.0 Å². The number of carbonyl (C=O) groups is 2. The van der Waals surface area contributed by atoms with E-state index in [1.807, 2.05) is 87.5 Å². The molecule has 0 unspecified atom stereocenters. The Morgan fingerprint density at radius 3 is 2.41 bits per heavy atom. The van der Waals surface area contributed by atoms with Gasteiger partial charge >= 0.3 is 12.1 Å². The van der Waals surface area contributed by atoms with Gasteiger partial charge in [0.15, 0.2) is 5.75 Å². The number of nitrogens with one attached hydrogen (secondary N) is 1. The van der Waals surface area contributed by atoms with E-state index < -0.39 is 23.7 Å². The first-order valence-corrected chi connectivity index (χ1v) is 14.3. The van der Waals surface area contributed by atoms with Crippen molar-refractivity contribution in [1.29, 1.82) is 0 Å². The zero-order valence-corrected chi connectivity index (χ0v) is 24.1. The van der Waals surface area contributed by atoms with Gasteiger partial charge < -0.3 is 19.5 Å². The Balaban J connectivity index is 1.40. The summed E-state index contributed by atoms with van der Waals surface area (Å²) < 4.78 is 18.6. The molecule has 3 aromatic carbocycles. The molecule has 0 aliphatic rings. The zero-order chi connectivity index (χ0) is 28.8. The second-order valence-electron chi connectivity index (χ2n) is 10.7. The molecule has 0 aliphatic heterocycles. The van der Waals surface area contributed by atoms with E-state index in [0.717, 1.165) is 16.5 Å². The van der Waals surface area contributed by atoms with Crippen molar-refractivity contribution in [3.05, 3.63) is 107 Å². The van der Waals surface area contributed by atoms with E-state index >= 15 is 0 Å². The number of thiophene rings is 1. The predicted octanol–water partition coefficient (Wildman–Crippen LogP) is 7.32. The van der Waals surface area contributed by atoms with Crippen LogP contribution in [0.25, 0.3) is 21.0 Å². The Labute approximate surface area is 243 Å². The van der Waals surface area contributed by atoms with Crippen LogP contribution in [0.2, 0.25) is 0 Å². The van der Waals surface area contributed by atoms with Gasteiger partial charge in [0, 0.05) is 10.1 Å². The van der Waals surface area contributed by atoms with Gasteiger partial charge in [0.05, 0.1) is 17.8 Å². The maximum Gasteiger partial charge on any atom is 0.408 e. The van der Waals surface area contributed by atoms with Crippen molar-refractivity contribution in [2.45, 2.75) is 45.4 Å². The van der Waals surface area contributed by atoms with E-state index in [4.69, 9.17) is 14.2 Å². The smallest absolute Gasteiger partial charge is 0.408 e. The van der Waals surface area contributed by atoms with Gasteiger partial charge in [-0.3, -0.25) is 4.98 Å². The molecule has 0 radical (unpaired) electrons. The first-order chi connectivity index (χ1) is 19.8. The quantitative estimate of drug-likeness (QED) is 0.188. The Morgan fingerprint density at radius 2 is 1.63 bits per heavy atom. The fourth-order valence-corrected chi connectivity index (χ4v) is 5.49. The molecular weight excluding hydrogens is 536 g/mol. The van der Waals surface area contributed by atoms with Crippen LogP contribution in [0.1, 0.15) is 42.3 Å². The van der Waals surface area contributed by atoms with Gasteiger partial charge in [0.2, 0.25) is 0 Å². The number of hydrogen-bond donors (Lipinski definition) is 1. The standard InChI is InChI=1S/C33H32N2O5S/c1-33(2,3)40-32(37)35-24(17-23-21-41-29-16-10-8-13-25(23)29)20-38-28-18-34-27-15-9-7-14-26(27)30(28)31(36)39-19-22-11-5-4-6-12-22/h4-16,18,21,24H,17,19-20H2,1-3H3,(H,35,37)/t24-/m1/s1. The summed E-state index contributed by atoms with van der Waals surface area (Å²) in [7, 11) is 0. The molecule has 210 valence electrons. The molecule has 2 aromatic heterocycles. The molecule has 2 heterocycles. The third-order valence-electron chi connectivity index (χ3n) is 6.35. The zero-order valence-electron chi connectivity index (χ0n) is 23.3. The Morgan fingerprint density at radius 1 is 0.927 bits per heavy atom. The number of aromatic nitrogens is 1. The molecule has 1 N–H and O–H groups in total. The molecule has 0 fully saturated rings. The number of esters is 1. The predicted molar refractivity (Wildman–Crippen MR) is 161 cm³/mol. The number of fused-ring (bicyclic) bond motifs is 2. The lowest BCUT2D eigenvalue weighted by molar-refractivity contribution is 0.0455. The molecule has 7 nitrogen and oxygen atoms in total. The van der Waals surface area contributed by atoms with Gasteiger partial charge in [-0.05, 0) is 61.2 Å². The molecule has 0 saturated heterocycles. The average molecular weight is 569 g/mol. The summed E-state index contributed by atoms with van der Waals surface area (Å²) in [6.45, 7) is 5.67. The normalized spacial score (nSPS) is 12.2. The molecule has 1 amide bonds. The largest absolute Gasteiger partial charge is 0.489 e. The highest BCUT2D eigenvalue weighted by atomic mass is 32.1. The molecular formula is C33H32N2O5S. The summed E-state index contributed by atoms with van der Waals surface area (Å²) in [5, 5.41) is 6.82. The van der Waals surface area contributed by atoms with Gasteiger partial charge in [0.1, 0.15) is 24.4 Å². The van der Waals surface area contributed by atoms with Crippen molar-refractivity contribution < 1.29 is 23.8 Å². The minimum Gasteiger partial charge on any atom is -0.489 e. The summed E-state index contributed by atoms with van der Waals surface area (Å²) in [5.41, 5.74) is 2.27.